The van der Waals surface area contributed by atoms with Gasteiger partial charge in [-0.25, -0.2) is 0 Å². The minimum atomic E-state index is -0.461. The molecule has 0 aliphatic heterocycles. The number of fused-ring (bicyclic) bond motifs is 9. The van der Waals surface area contributed by atoms with Crippen LogP contribution in [0.15, 0.2) is 261 Å². The topological polar surface area (TPSA) is 3.24 Å². The molecule has 0 amide bonds. The third-order valence-corrected chi connectivity index (χ3v) is 14.1. The molecule has 0 spiro atoms. The summed E-state index contributed by atoms with van der Waals surface area (Å²) in [5, 5.41) is 10.1. The van der Waals surface area contributed by atoms with Gasteiger partial charge in [-0.1, -0.05) is 212 Å². The van der Waals surface area contributed by atoms with E-state index in [9.17, 15) is 0 Å². The van der Waals surface area contributed by atoms with Gasteiger partial charge in [-0.05, 0) is 147 Å². The van der Waals surface area contributed by atoms with Crippen molar-refractivity contribution < 1.29 is 0 Å². The summed E-state index contributed by atoms with van der Waals surface area (Å²) in [6, 6.07) is 96.4. The molecule has 308 valence electrons. The van der Waals surface area contributed by atoms with Crippen molar-refractivity contribution in [3.8, 4) is 33.4 Å². The van der Waals surface area contributed by atoms with Crippen LogP contribution in [0.5, 0.6) is 0 Å². The van der Waals surface area contributed by atoms with E-state index >= 15 is 0 Å². The van der Waals surface area contributed by atoms with Crippen LogP contribution in [0.1, 0.15) is 22.3 Å². The molecule has 0 unspecified atom stereocenters. The first-order valence-corrected chi connectivity index (χ1v) is 22.9. The maximum atomic E-state index is 2.42. The molecule has 0 saturated heterocycles. The van der Waals surface area contributed by atoms with Crippen molar-refractivity contribution in [3.05, 3.63) is 283 Å². The summed E-state index contributed by atoms with van der Waals surface area (Å²) in [6.07, 6.45) is 0. The molecule has 0 atom stereocenters. The molecule has 0 bridgehead atoms. The van der Waals surface area contributed by atoms with Gasteiger partial charge in [0.25, 0.3) is 0 Å². The van der Waals surface area contributed by atoms with Crippen LogP contribution in [0.4, 0.5) is 17.1 Å². The van der Waals surface area contributed by atoms with Crippen molar-refractivity contribution >= 4 is 60.2 Å². The van der Waals surface area contributed by atoms with Gasteiger partial charge in [0.05, 0.1) is 5.41 Å². The van der Waals surface area contributed by atoms with Crippen molar-refractivity contribution in [3.63, 3.8) is 0 Å². The van der Waals surface area contributed by atoms with Gasteiger partial charge < -0.3 is 4.90 Å². The summed E-state index contributed by atoms with van der Waals surface area (Å²) in [4.78, 5) is 2.42. The van der Waals surface area contributed by atoms with Crippen LogP contribution in [0.25, 0.3) is 76.5 Å². The molecule has 0 radical (unpaired) electrons. The third kappa shape index (κ3) is 6.01. The highest BCUT2D eigenvalue weighted by atomic mass is 15.1. The lowest BCUT2D eigenvalue weighted by molar-refractivity contribution is 0.768. The Morgan fingerprint density at radius 2 is 0.636 bits per heavy atom. The summed E-state index contributed by atoms with van der Waals surface area (Å²) in [5.74, 6) is 0. The van der Waals surface area contributed by atoms with E-state index in [0.717, 1.165) is 17.1 Å². The van der Waals surface area contributed by atoms with Gasteiger partial charge in [0.15, 0.2) is 0 Å². The summed E-state index contributed by atoms with van der Waals surface area (Å²) >= 11 is 0. The summed E-state index contributed by atoms with van der Waals surface area (Å²) in [6.45, 7) is 0. The molecule has 13 rings (SSSR count). The predicted molar refractivity (Wildman–Crippen MR) is 279 cm³/mol. The second kappa shape index (κ2) is 15.3. The lowest BCUT2D eigenvalue weighted by atomic mass is 9.68. The van der Waals surface area contributed by atoms with Crippen LogP contribution in [-0.4, -0.2) is 0 Å². The van der Waals surface area contributed by atoms with Crippen LogP contribution in [0, 0.1) is 0 Å². The normalized spacial score (nSPS) is 12.7. The Kier molecular flexibility index (Phi) is 8.82. The Bertz CT molecular complexity index is 3590. The van der Waals surface area contributed by atoms with Crippen LogP contribution < -0.4 is 4.90 Å². The van der Waals surface area contributed by atoms with Gasteiger partial charge in [0.1, 0.15) is 0 Å². The molecule has 1 aliphatic rings. The summed E-state index contributed by atoms with van der Waals surface area (Å²) in [7, 11) is 0. The molecule has 12 aromatic carbocycles. The second-order valence-electron chi connectivity index (χ2n) is 17.6. The molecular formula is C65H43N. The highest BCUT2D eigenvalue weighted by molar-refractivity contribution is 6.10. The zero-order valence-electron chi connectivity index (χ0n) is 36.3. The average molecular weight is 838 g/mol. The number of rotatable bonds is 7. The highest BCUT2D eigenvalue weighted by Gasteiger charge is 2.46. The number of benzene rings is 12. The van der Waals surface area contributed by atoms with Crippen LogP contribution in [0.2, 0.25) is 0 Å². The molecule has 12 aromatic rings. The largest absolute Gasteiger partial charge is 0.310 e. The molecule has 0 aromatic heterocycles. The Balaban J connectivity index is 0.960. The van der Waals surface area contributed by atoms with Crippen molar-refractivity contribution in [2.24, 2.45) is 0 Å². The van der Waals surface area contributed by atoms with Gasteiger partial charge in [0, 0.05) is 17.1 Å². The fourth-order valence-corrected chi connectivity index (χ4v) is 11.0. The van der Waals surface area contributed by atoms with Gasteiger partial charge in [0.2, 0.25) is 0 Å². The lowest BCUT2D eigenvalue weighted by Gasteiger charge is -2.34. The average Bonchev–Trinajstić information content (AvgIpc) is 3.69. The Morgan fingerprint density at radius 1 is 0.242 bits per heavy atom. The Labute approximate surface area is 385 Å². The minimum absolute atomic E-state index is 0.461. The summed E-state index contributed by atoms with van der Waals surface area (Å²) < 4.78 is 0. The predicted octanol–water partition coefficient (Wildman–Crippen LogP) is 17.5. The standard InChI is InChI=1S/C65H43N/c1-3-15-52(16-4-1)65(53-17-5-2-6-18-53)63-22-12-11-21-59(63)62-43-56(39-40-64(62)65)66(54-35-31-44(32-36-54)50-29-27-48-25-23-46-13-7-9-19-57(46)60(48)41-50)55-37-33-45(34-38-55)51-30-28-49-26-24-47-14-8-10-20-58(47)61(49)42-51/h1-43H. The van der Waals surface area contributed by atoms with Crippen molar-refractivity contribution in [1.29, 1.82) is 0 Å². The molecule has 1 nitrogen and oxygen atoms in total. The first-order chi connectivity index (χ1) is 32.7. The van der Waals surface area contributed by atoms with Crippen LogP contribution in [0.3, 0.4) is 0 Å². The molecule has 0 heterocycles. The van der Waals surface area contributed by atoms with Crippen LogP contribution >= 0.6 is 0 Å². The fourth-order valence-electron chi connectivity index (χ4n) is 11.0. The van der Waals surface area contributed by atoms with E-state index in [0.29, 0.717) is 0 Å². The monoisotopic (exact) mass is 837 g/mol. The van der Waals surface area contributed by atoms with Crippen molar-refractivity contribution in [2.45, 2.75) is 5.41 Å². The van der Waals surface area contributed by atoms with E-state index in [1.165, 1.54) is 98.7 Å². The van der Waals surface area contributed by atoms with Gasteiger partial charge in [-0.15, -0.1) is 0 Å². The van der Waals surface area contributed by atoms with E-state index < -0.39 is 5.41 Å². The Morgan fingerprint density at radius 3 is 1.17 bits per heavy atom. The fraction of sp³-hybridized carbons (Fsp3) is 0.0154. The van der Waals surface area contributed by atoms with Crippen LogP contribution in [-0.2, 0) is 5.41 Å². The lowest BCUT2D eigenvalue weighted by Crippen LogP contribution is -2.28. The van der Waals surface area contributed by atoms with E-state index in [4.69, 9.17) is 0 Å². The second-order valence-corrected chi connectivity index (χ2v) is 17.6. The maximum absolute atomic E-state index is 2.42. The molecule has 0 fully saturated rings. The van der Waals surface area contributed by atoms with Crippen molar-refractivity contribution in [2.75, 3.05) is 4.90 Å². The van der Waals surface area contributed by atoms with E-state index in [-0.39, 0.29) is 0 Å². The maximum Gasteiger partial charge on any atom is 0.0713 e. The highest BCUT2D eigenvalue weighted by Crippen LogP contribution is 2.57. The first-order valence-electron chi connectivity index (χ1n) is 22.9. The molecule has 0 N–H and O–H groups in total. The number of hydrogen-bond donors (Lipinski definition) is 0. The zero-order chi connectivity index (χ0) is 43.6. The molecule has 66 heavy (non-hydrogen) atoms. The number of nitrogens with zero attached hydrogens (tertiary/aromatic N) is 1. The van der Waals surface area contributed by atoms with E-state index in [1.807, 2.05) is 0 Å². The first kappa shape index (κ1) is 38.0. The third-order valence-electron chi connectivity index (χ3n) is 14.1. The minimum Gasteiger partial charge on any atom is -0.310 e. The van der Waals surface area contributed by atoms with Gasteiger partial charge >= 0.3 is 0 Å². The zero-order valence-corrected chi connectivity index (χ0v) is 36.3. The smallest absolute Gasteiger partial charge is 0.0713 e. The molecule has 1 aliphatic carbocycles. The van der Waals surface area contributed by atoms with Gasteiger partial charge in [-0.2, -0.15) is 0 Å². The SMILES string of the molecule is c1ccc(C2(c3ccccc3)c3ccccc3-c3cc(N(c4ccc(-c5ccc6ccc7ccccc7c6c5)cc4)c4ccc(-c5ccc6ccc7ccccc7c6c5)cc4)ccc32)cc1. The molecule has 0 saturated carbocycles. The van der Waals surface area contributed by atoms with Crippen molar-refractivity contribution in [1.82, 2.24) is 0 Å². The number of anilines is 3. The van der Waals surface area contributed by atoms with E-state index in [2.05, 4.69) is 266 Å². The quantitative estimate of drug-likeness (QED) is 0.145. The number of hydrogen-bond acceptors (Lipinski definition) is 1. The molecule has 1 heteroatoms. The Hall–Kier alpha value is -8.52. The van der Waals surface area contributed by atoms with Gasteiger partial charge in [-0.3, -0.25) is 0 Å². The van der Waals surface area contributed by atoms with E-state index in [1.54, 1.807) is 0 Å². The molecular weight excluding hydrogens is 795 g/mol. The summed E-state index contributed by atoms with van der Waals surface area (Å²) in [5.41, 5.74) is 15.3.